The third-order valence-electron chi connectivity index (χ3n) is 5.05. The van der Waals surface area contributed by atoms with Gasteiger partial charge in [-0.1, -0.05) is 41.7 Å². The molecule has 2 heterocycles. The van der Waals surface area contributed by atoms with Gasteiger partial charge in [0.25, 0.3) is 0 Å². The molecule has 158 valence electrons. The summed E-state index contributed by atoms with van der Waals surface area (Å²) < 4.78 is 5.34. The van der Waals surface area contributed by atoms with Crippen LogP contribution < -0.4 is 10.6 Å². The quantitative estimate of drug-likeness (QED) is 0.389. The van der Waals surface area contributed by atoms with Crippen LogP contribution in [0.25, 0.3) is 11.4 Å². The van der Waals surface area contributed by atoms with Gasteiger partial charge in [-0.3, -0.25) is 4.99 Å². The zero-order valence-corrected chi connectivity index (χ0v) is 17.9. The Balaban J connectivity index is 1.34. The average Bonchev–Trinajstić information content (AvgIpc) is 3.05. The molecule has 3 rings (SSSR count). The van der Waals surface area contributed by atoms with Gasteiger partial charge in [0.05, 0.1) is 0 Å². The second-order valence-electron chi connectivity index (χ2n) is 7.31. The molecule has 0 aliphatic carbocycles. The van der Waals surface area contributed by atoms with Gasteiger partial charge in [-0.15, -0.1) is 0 Å². The highest BCUT2D eigenvalue weighted by Gasteiger charge is 2.10. The van der Waals surface area contributed by atoms with Crippen molar-refractivity contribution in [2.75, 3.05) is 39.8 Å². The van der Waals surface area contributed by atoms with E-state index in [4.69, 9.17) is 16.1 Å². The molecule has 29 heavy (non-hydrogen) atoms. The summed E-state index contributed by atoms with van der Waals surface area (Å²) in [4.78, 5) is 11.3. The van der Waals surface area contributed by atoms with Crippen molar-refractivity contribution in [3.63, 3.8) is 0 Å². The largest absolute Gasteiger partial charge is 0.356 e. The molecule has 1 aromatic carbocycles. The standard InChI is InChI=1S/C21H31ClN6O/c1-23-21(24-11-7-15-28-13-4-2-3-5-14-28)25-12-10-19-26-20(27-29-19)17-8-6-9-18(22)16-17/h6,8-9,16H,2-5,7,10-15H2,1H3,(H2,23,24,25). The first-order valence-electron chi connectivity index (χ1n) is 10.5. The molecule has 0 bridgehead atoms. The SMILES string of the molecule is CN=C(NCCCN1CCCCCC1)NCCc1nc(-c2cccc(Cl)c2)no1. The van der Waals surface area contributed by atoms with Gasteiger partial charge in [0, 0.05) is 37.1 Å². The smallest absolute Gasteiger partial charge is 0.228 e. The Hall–Kier alpha value is -2.12. The zero-order chi connectivity index (χ0) is 20.3. The third-order valence-corrected chi connectivity index (χ3v) is 5.28. The summed E-state index contributed by atoms with van der Waals surface area (Å²) in [6.07, 6.45) is 7.18. The van der Waals surface area contributed by atoms with Crippen LogP contribution in [0.2, 0.25) is 5.02 Å². The number of guanidine groups is 1. The lowest BCUT2D eigenvalue weighted by molar-refractivity contribution is 0.282. The van der Waals surface area contributed by atoms with Gasteiger partial charge in [0.2, 0.25) is 11.7 Å². The maximum absolute atomic E-state index is 6.02. The normalized spacial score (nSPS) is 15.9. The molecule has 0 saturated carbocycles. The van der Waals surface area contributed by atoms with Gasteiger partial charge in [0.15, 0.2) is 5.96 Å². The van der Waals surface area contributed by atoms with Crippen LogP contribution in [-0.2, 0) is 6.42 Å². The van der Waals surface area contributed by atoms with Crippen molar-refractivity contribution >= 4 is 17.6 Å². The fraction of sp³-hybridized carbons (Fsp3) is 0.571. The first-order chi connectivity index (χ1) is 14.2. The summed E-state index contributed by atoms with van der Waals surface area (Å²) in [5.74, 6) is 1.94. The van der Waals surface area contributed by atoms with E-state index in [1.165, 1.54) is 38.8 Å². The van der Waals surface area contributed by atoms with Gasteiger partial charge < -0.3 is 20.1 Å². The molecule has 1 aromatic heterocycles. The van der Waals surface area contributed by atoms with Crippen LogP contribution in [-0.4, -0.2) is 60.8 Å². The Morgan fingerprint density at radius 1 is 1.17 bits per heavy atom. The van der Waals surface area contributed by atoms with E-state index in [1.807, 2.05) is 24.3 Å². The van der Waals surface area contributed by atoms with Crippen molar-refractivity contribution in [1.82, 2.24) is 25.7 Å². The number of hydrogen-bond acceptors (Lipinski definition) is 5. The summed E-state index contributed by atoms with van der Waals surface area (Å²) in [5.41, 5.74) is 0.849. The van der Waals surface area contributed by atoms with Crippen LogP contribution in [0.5, 0.6) is 0 Å². The molecular formula is C21H31ClN6O. The first-order valence-corrected chi connectivity index (χ1v) is 10.9. The number of aromatic nitrogens is 2. The second-order valence-corrected chi connectivity index (χ2v) is 7.74. The molecule has 0 spiro atoms. The monoisotopic (exact) mass is 418 g/mol. The number of hydrogen-bond donors (Lipinski definition) is 2. The van der Waals surface area contributed by atoms with Gasteiger partial charge in [0.1, 0.15) is 0 Å². The Kier molecular flexibility index (Phi) is 8.77. The van der Waals surface area contributed by atoms with Gasteiger partial charge >= 0.3 is 0 Å². The lowest BCUT2D eigenvalue weighted by Gasteiger charge is -2.20. The highest BCUT2D eigenvalue weighted by molar-refractivity contribution is 6.30. The van der Waals surface area contributed by atoms with Crippen LogP contribution >= 0.6 is 11.6 Å². The summed E-state index contributed by atoms with van der Waals surface area (Å²) in [7, 11) is 1.79. The molecule has 0 amide bonds. The Labute approximate surface area is 177 Å². The fourth-order valence-corrected chi connectivity index (χ4v) is 3.67. The van der Waals surface area contributed by atoms with Gasteiger partial charge in [-0.2, -0.15) is 4.98 Å². The first kappa shape index (κ1) is 21.6. The van der Waals surface area contributed by atoms with Gasteiger partial charge in [-0.05, 0) is 51.0 Å². The Morgan fingerprint density at radius 3 is 2.72 bits per heavy atom. The van der Waals surface area contributed by atoms with E-state index in [2.05, 4.69) is 30.7 Å². The number of rotatable bonds is 8. The molecular weight excluding hydrogens is 388 g/mol. The topological polar surface area (TPSA) is 78.6 Å². The minimum atomic E-state index is 0.554. The van der Waals surface area contributed by atoms with E-state index in [-0.39, 0.29) is 0 Å². The number of nitrogens with one attached hydrogen (secondary N) is 2. The number of aliphatic imine (C=N–C) groups is 1. The summed E-state index contributed by atoms with van der Waals surface area (Å²) in [6.45, 7) is 5.22. The number of benzene rings is 1. The van der Waals surface area contributed by atoms with E-state index >= 15 is 0 Å². The summed E-state index contributed by atoms with van der Waals surface area (Å²) >= 11 is 6.02. The molecule has 1 fully saturated rings. The number of halogens is 1. The van der Waals surface area contributed by atoms with E-state index in [0.717, 1.165) is 31.0 Å². The highest BCUT2D eigenvalue weighted by atomic mass is 35.5. The third kappa shape index (κ3) is 7.33. The molecule has 2 N–H and O–H groups in total. The maximum atomic E-state index is 6.02. The van der Waals surface area contributed by atoms with E-state index < -0.39 is 0 Å². The second kappa shape index (κ2) is 11.8. The van der Waals surface area contributed by atoms with E-state index in [1.54, 1.807) is 7.05 Å². The molecule has 1 aliphatic heterocycles. The molecule has 0 radical (unpaired) electrons. The molecule has 1 aliphatic rings. The van der Waals surface area contributed by atoms with Gasteiger partial charge in [-0.25, -0.2) is 0 Å². The molecule has 8 heteroatoms. The predicted octanol–water partition coefficient (Wildman–Crippen LogP) is 3.36. The lowest BCUT2D eigenvalue weighted by Crippen LogP contribution is -2.39. The van der Waals surface area contributed by atoms with Crippen LogP contribution in [0.15, 0.2) is 33.8 Å². The number of nitrogens with zero attached hydrogens (tertiary/aromatic N) is 4. The predicted molar refractivity (Wildman–Crippen MR) is 117 cm³/mol. The lowest BCUT2D eigenvalue weighted by atomic mass is 10.2. The van der Waals surface area contributed by atoms with Crippen LogP contribution in [0.1, 0.15) is 38.0 Å². The zero-order valence-electron chi connectivity index (χ0n) is 17.2. The van der Waals surface area contributed by atoms with Crippen molar-refractivity contribution in [1.29, 1.82) is 0 Å². The van der Waals surface area contributed by atoms with Crippen molar-refractivity contribution in [2.45, 2.75) is 38.5 Å². The highest BCUT2D eigenvalue weighted by Crippen LogP contribution is 2.19. The van der Waals surface area contributed by atoms with Crippen LogP contribution in [0.4, 0.5) is 0 Å². The van der Waals surface area contributed by atoms with Crippen LogP contribution in [0.3, 0.4) is 0 Å². The molecule has 7 nitrogen and oxygen atoms in total. The molecule has 1 saturated heterocycles. The Morgan fingerprint density at radius 2 is 1.97 bits per heavy atom. The fourth-order valence-electron chi connectivity index (χ4n) is 3.48. The van der Waals surface area contributed by atoms with Crippen molar-refractivity contribution in [2.24, 2.45) is 4.99 Å². The van der Waals surface area contributed by atoms with E-state index in [9.17, 15) is 0 Å². The van der Waals surface area contributed by atoms with Crippen LogP contribution in [0, 0.1) is 0 Å². The van der Waals surface area contributed by atoms with Crippen molar-refractivity contribution in [3.05, 3.63) is 35.2 Å². The molecule has 0 unspecified atom stereocenters. The summed E-state index contributed by atoms with van der Waals surface area (Å²) in [6, 6.07) is 7.43. The minimum Gasteiger partial charge on any atom is -0.356 e. The van der Waals surface area contributed by atoms with E-state index in [0.29, 0.717) is 29.7 Å². The number of likely N-dealkylation sites (tertiary alicyclic amines) is 1. The average molecular weight is 419 g/mol. The summed E-state index contributed by atoms with van der Waals surface area (Å²) in [5, 5.41) is 11.4. The Bertz CT molecular complexity index is 770. The molecule has 2 aromatic rings. The van der Waals surface area contributed by atoms with Crippen molar-refractivity contribution < 1.29 is 4.52 Å². The molecule has 0 atom stereocenters. The van der Waals surface area contributed by atoms with Crippen molar-refractivity contribution in [3.8, 4) is 11.4 Å². The maximum Gasteiger partial charge on any atom is 0.228 e. The minimum absolute atomic E-state index is 0.554.